The number of nitrogens with zero attached hydrogens (tertiary/aromatic N) is 2. The summed E-state index contributed by atoms with van der Waals surface area (Å²) in [5, 5.41) is 11.2. The zero-order valence-electron chi connectivity index (χ0n) is 9.10. The van der Waals surface area contributed by atoms with Crippen LogP contribution in [0.4, 0.5) is 0 Å². The predicted octanol–water partition coefficient (Wildman–Crippen LogP) is 0.572. The second kappa shape index (κ2) is 5.83. The van der Waals surface area contributed by atoms with Gasteiger partial charge < -0.3 is 11.1 Å². The van der Waals surface area contributed by atoms with Crippen LogP contribution in [0, 0.1) is 11.3 Å². The highest BCUT2D eigenvalue weighted by molar-refractivity contribution is 5.94. The average Bonchev–Trinajstić information content (AvgIpc) is 2.29. The molecule has 0 spiro atoms. The Morgan fingerprint density at radius 1 is 1.75 bits per heavy atom. The minimum absolute atomic E-state index is 0.160. The summed E-state index contributed by atoms with van der Waals surface area (Å²) in [7, 11) is 0. The number of nitrogens with two attached hydrogens (primary N) is 1. The second-order valence-corrected chi connectivity index (χ2v) is 3.48. The quantitative estimate of drug-likeness (QED) is 0.772. The number of nitriles is 1. The molecule has 0 bridgehead atoms. The lowest BCUT2D eigenvalue weighted by atomic mass is 10.2. The molecule has 0 saturated heterocycles. The van der Waals surface area contributed by atoms with Crippen molar-refractivity contribution in [2.24, 2.45) is 5.73 Å². The van der Waals surface area contributed by atoms with E-state index in [4.69, 9.17) is 11.0 Å². The molecular formula is C11H14N4O. The number of pyridine rings is 1. The van der Waals surface area contributed by atoms with Gasteiger partial charge in [-0.3, -0.25) is 9.78 Å². The summed E-state index contributed by atoms with van der Waals surface area (Å²) in [5.41, 5.74) is 6.61. The van der Waals surface area contributed by atoms with Crippen molar-refractivity contribution < 1.29 is 4.79 Å². The van der Waals surface area contributed by atoms with E-state index in [-0.39, 0.29) is 11.9 Å². The highest BCUT2D eigenvalue weighted by Crippen LogP contribution is 2.02. The number of hydrogen-bond acceptors (Lipinski definition) is 4. The molecule has 1 unspecified atom stereocenters. The first-order chi connectivity index (χ1) is 7.67. The summed E-state index contributed by atoms with van der Waals surface area (Å²) in [6.07, 6.45) is 1.84. The smallest absolute Gasteiger partial charge is 0.251 e. The highest BCUT2D eigenvalue weighted by atomic mass is 16.1. The van der Waals surface area contributed by atoms with Crippen molar-refractivity contribution in [1.82, 2.24) is 10.3 Å². The van der Waals surface area contributed by atoms with Crippen molar-refractivity contribution in [3.63, 3.8) is 0 Å². The number of aromatic nitrogens is 1. The van der Waals surface area contributed by atoms with E-state index in [1.807, 2.05) is 6.07 Å². The zero-order valence-corrected chi connectivity index (χ0v) is 9.10. The van der Waals surface area contributed by atoms with Crippen LogP contribution in [0.2, 0.25) is 0 Å². The van der Waals surface area contributed by atoms with E-state index in [9.17, 15) is 4.79 Å². The number of hydrogen-bond donors (Lipinski definition) is 2. The van der Waals surface area contributed by atoms with Gasteiger partial charge in [0.05, 0.1) is 18.2 Å². The van der Waals surface area contributed by atoms with Gasteiger partial charge in [0.15, 0.2) is 0 Å². The van der Waals surface area contributed by atoms with Crippen molar-refractivity contribution in [2.45, 2.75) is 25.9 Å². The third-order valence-corrected chi connectivity index (χ3v) is 2.06. The fourth-order valence-corrected chi connectivity index (χ4v) is 1.23. The minimum atomic E-state index is -0.208. The van der Waals surface area contributed by atoms with Crippen LogP contribution in [0.5, 0.6) is 0 Å². The summed E-state index contributed by atoms with van der Waals surface area (Å²) in [6, 6.07) is 5.11. The van der Waals surface area contributed by atoms with Gasteiger partial charge >= 0.3 is 0 Å². The molecule has 0 fully saturated rings. The molecule has 0 aromatic carbocycles. The minimum Gasteiger partial charge on any atom is -0.349 e. The Hall–Kier alpha value is -1.93. The van der Waals surface area contributed by atoms with Crippen LogP contribution in [0.25, 0.3) is 0 Å². The normalized spacial score (nSPS) is 11.6. The summed E-state index contributed by atoms with van der Waals surface area (Å²) in [6.45, 7) is 2.08. The van der Waals surface area contributed by atoms with Crippen LogP contribution in [0.3, 0.4) is 0 Å². The number of nitrogens with one attached hydrogen (secondary N) is 1. The monoisotopic (exact) mass is 218 g/mol. The molecule has 0 radical (unpaired) electrons. The molecule has 0 aliphatic rings. The van der Waals surface area contributed by atoms with E-state index in [1.165, 1.54) is 0 Å². The van der Waals surface area contributed by atoms with Crippen LogP contribution in [-0.2, 0) is 6.54 Å². The average molecular weight is 218 g/mol. The number of rotatable bonds is 4. The second-order valence-electron chi connectivity index (χ2n) is 3.48. The molecule has 0 aliphatic heterocycles. The van der Waals surface area contributed by atoms with E-state index in [0.29, 0.717) is 24.2 Å². The van der Waals surface area contributed by atoms with Crippen LogP contribution in [0.15, 0.2) is 18.3 Å². The molecular weight excluding hydrogens is 204 g/mol. The van der Waals surface area contributed by atoms with Gasteiger partial charge in [0.1, 0.15) is 0 Å². The molecule has 1 atom stereocenters. The molecule has 1 rings (SSSR count). The Morgan fingerprint density at radius 3 is 3.12 bits per heavy atom. The molecule has 0 saturated carbocycles. The largest absolute Gasteiger partial charge is 0.349 e. The maximum atomic E-state index is 11.7. The Balaban J connectivity index is 2.69. The van der Waals surface area contributed by atoms with E-state index in [0.717, 1.165) is 0 Å². The highest BCUT2D eigenvalue weighted by Gasteiger charge is 2.09. The first-order valence-corrected chi connectivity index (χ1v) is 5.00. The van der Waals surface area contributed by atoms with Crippen molar-refractivity contribution >= 4 is 5.91 Å². The molecule has 1 aromatic rings. The maximum absolute atomic E-state index is 11.7. The molecule has 1 amide bonds. The molecule has 16 heavy (non-hydrogen) atoms. The standard InChI is InChI=1S/C11H14N4O/c1-8(2-4-12)15-11(16)9-3-5-14-10(6-9)7-13/h3,5-6,8H,2,7,13H2,1H3,(H,15,16). The van der Waals surface area contributed by atoms with E-state index in [2.05, 4.69) is 10.3 Å². The molecule has 0 aliphatic carbocycles. The fourth-order valence-electron chi connectivity index (χ4n) is 1.23. The SMILES string of the molecule is CC(CC#N)NC(=O)c1ccnc(CN)c1. The summed E-state index contributed by atoms with van der Waals surface area (Å²) >= 11 is 0. The Labute approximate surface area is 94.3 Å². The lowest BCUT2D eigenvalue weighted by Gasteiger charge is -2.10. The van der Waals surface area contributed by atoms with E-state index < -0.39 is 0 Å². The van der Waals surface area contributed by atoms with Crippen LogP contribution in [-0.4, -0.2) is 16.9 Å². The van der Waals surface area contributed by atoms with Gasteiger partial charge in [-0.2, -0.15) is 5.26 Å². The first kappa shape index (κ1) is 12.1. The van der Waals surface area contributed by atoms with Crippen molar-refractivity contribution in [1.29, 1.82) is 5.26 Å². The first-order valence-electron chi connectivity index (χ1n) is 5.00. The lowest BCUT2D eigenvalue weighted by Crippen LogP contribution is -2.32. The molecule has 84 valence electrons. The predicted molar refractivity (Wildman–Crippen MR) is 59.3 cm³/mol. The Kier molecular flexibility index (Phi) is 4.42. The molecule has 5 heteroatoms. The Bertz CT molecular complexity index is 411. The van der Waals surface area contributed by atoms with Gasteiger partial charge in [0, 0.05) is 24.3 Å². The number of carbonyl (C=O) groups is 1. The lowest BCUT2D eigenvalue weighted by molar-refractivity contribution is 0.0940. The summed E-state index contributed by atoms with van der Waals surface area (Å²) in [4.78, 5) is 15.7. The topological polar surface area (TPSA) is 91.8 Å². The van der Waals surface area contributed by atoms with Crippen molar-refractivity contribution in [2.75, 3.05) is 0 Å². The third kappa shape index (κ3) is 3.33. The maximum Gasteiger partial charge on any atom is 0.251 e. The molecule has 5 nitrogen and oxygen atoms in total. The summed E-state index contributed by atoms with van der Waals surface area (Å²) in [5.74, 6) is -0.208. The zero-order chi connectivity index (χ0) is 12.0. The number of carbonyl (C=O) groups excluding carboxylic acids is 1. The van der Waals surface area contributed by atoms with Gasteiger partial charge in [-0.1, -0.05) is 0 Å². The van der Waals surface area contributed by atoms with Crippen molar-refractivity contribution in [3.8, 4) is 6.07 Å². The molecule has 1 aromatic heterocycles. The van der Waals surface area contributed by atoms with E-state index in [1.54, 1.807) is 25.3 Å². The molecule has 3 N–H and O–H groups in total. The van der Waals surface area contributed by atoms with Crippen LogP contribution >= 0.6 is 0 Å². The molecule has 1 heterocycles. The van der Waals surface area contributed by atoms with Gasteiger partial charge in [-0.25, -0.2) is 0 Å². The third-order valence-electron chi connectivity index (χ3n) is 2.06. The van der Waals surface area contributed by atoms with E-state index >= 15 is 0 Å². The van der Waals surface area contributed by atoms with Gasteiger partial charge in [0.2, 0.25) is 0 Å². The Morgan fingerprint density at radius 2 is 2.50 bits per heavy atom. The van der Waals surface area contributed by atoms with Gasteiger partial charge in [-0.15, -0.1) is 0 Å². The fraction of sp³-hybridized carbons (Fsp3) is 0.364. The van der Waals surface area contributed by atoms with Gasteiger partial charge in [0.25, 0.3) is 5.91 Å². The van der Waals surface area contributed by atoms with Crippen LogP contribution in [0.1, 0.15) is 29.4 Å². The number of amides is 1. The van der Waals surface area contributed by atoms with Gasteiger partial charge in [-0.05, 0) is 19.1 Å². The summed E-state index contributed by atoms with van der Waals surface area (Å²) < 4.78 is 0. The van der Waals surface area contributed by atoms with Crippen molar-refractivity contribution in [3.05, 3.63) is 29.6 Å². The van der Waals surface area contributed by atoms with Crippen LogP contribution < -0.4 is 11.1 Å².